The highest BCUT2D eigenvalue weighted by Gasteiger charge is 2.48. The Labute approximate surface area is 129 Å². The van der Waals surface area contributed by atoms with E-state index in [1.807, 2.05) is 48.5 Å². The molecular formula is C19H16O3. The van der Waals surface area contributed by atoms with Gasteiger partial charge >= 0.3 is 5.97 Å². The van der Waals surface area contributed by atoms with Gasteiger partial charge in [0.05, 0.1) is 13.0 Å². The molecule has 0 bridgehead atoms. The van der Waals surface area contributed by atoms with Gasteiger partial charge in [-0.15, -0.1) is 0 Å². The molecule has 0 amide bonds. The van der Waals surface area contributed by atoms with Crippen molar-refractivity contribution < 1.29 is 14.3 Å². The number of methoxy groups -OCH3 is 1. The summed E-state index contributed by atoms with van der Waals surface area (Å²) in [4.78, 5) is 12.2. The van der Waals surface area contributed by atoms with Crippen LogP contribution < -0.4 is 4.74 Å². The fraction of sp³-hybridized carbons (Fsp3) is 0.211. The topological polar surface area (TPSA) is 35.5 Å². The lowest BCUT2D eigenvalue weighted by Crippen LogP contribution is -2.23. The first kappa shape index (κ1) is 13.1. The second-order valence-electron chi connectivity index (χ2n) is 5.65. The lowest BCUT2D eigenvalue weighted by molar-refractivity contribution is -0.136. The molecule has 0 fully saturated rings. The molecule has 2 aromatic carbocycles. The monoisotopic (exact) mass is 292 g/mol. The quantitative estimate of drug-likeness (QED) is 0.796. The first-order chi connectivity index (χ1) is 10.8. The van der Waals surface area contributed by atoms with Gasteiger partial charge in [0.1, 0.15) is 11.9 Å². The zero-order chi connectivity index (χ0) is 15.1. The zero-order valence-corrected chi connectivity index (χ0v) is 12.2. The third kappa shape index (κ3) is 1.86. The van der Waals surface area contributed by atoms with Crippen molar-refractivity contribution in [3.05, 3.63) is 77.4 Å². The number of para-hydroxylation sites is 1. The van der Waals surface area contributed by atoms with Crippen LogP contribution in [0.1, 0.15) is 23.0 Å². The summed E-state index contributed by atoms with van der Waals surface area (Å²) >= 11 is 0. The van der Waals surface area contributed by atoms with E-state index in [0.717, 1.165) is 16.9 Å². The third-order valence-electron chi connectivity index (χ3n) is 4.50. The molecule has 110 valence electrons. The van der Waals surface area contributed by atoms with Crippen molar-refractivity contribution in [2.75, 3.05) is 7.11 Å². The minimum atomic E-state index is -0.270. The van der Waals surface area contributed by atoms with E-state index in [-0.39, 0.29) is 23.9 Å². The molecule has 3 atom stereocenters. The molecule has 0 radical (unpaired) electrons. The summed E-state index contributed by atoms with van der Waals surface area (Å²) in [5.74, 6) is 0.614. The van der Waals surface area contributed by atoms with Crippen LogP contribution in [0.4, 0.5) is 0 Å². The van der Waals surface area contributed by atoms with Crippen LogP contribution in [0.25, 0.3) is 0 Å². The number of fused-ring (bicyclic) bond motifs is 3. The molecular weight excluding hydrogens is 276 g/mol. The van der Waals surface area contributed by atoms with Crippen molar-refractivity contribution >= 4 is 5.97 Å². The summed E-state index contributed by atoms with van der Waals surface area (Å²) in [5, 5.41) is 0. The summed E-state index contributed by atoms with van der Waals surface area (Å²) < 4.78 is 11.1. The minimum absolute atomic E-state index is 0.0474. The van der Waals surface area contributed by atoms with Gasteiger partial charge in [-0.3, -0.25) is 0 Å². The predicted octanol–water partition coefficient (Wildman–Crippen LogP) is 3.43. The number of carbonyl (C=O) groups is 1. The van der Waals surface area contributed by atoms with Gasteiger partial charge in [0, 0.05) is 17.1 Å². The summed E-state index contributed by atoms with van der Waals surface area (Å²) in [6.07, 6.45) is 1.93. The van der Waals surface area contributed by atoms with E-state index in [1.54, 1.807) is 0 Å². The standard InChI is InChI=1S/C19H16O3/c1-21-19(20)15-11-14(12-7-3-2-4-8-12)18-17(15)13-9-5-6-10-16(13)22-18/h2-11,14,17-18H,1H3/t14-,17+,18-/m0/s1. The molecule has 0 N–H and O–H groups in total. The van der Waals surface area contributed by atoms with Gasteiger partial charge in [0.25, 0.3) is 0 Å². The maximum Gasteiger partial charge on any atom is 0.334 e. The van der Waals surface area contributed by atoms with Crippen LogP contribution in [0.3, 0.4) is 0 Å². The number of hydrogen-bond donors (Lipinski definition) is 0. The number of esters is 1. The summed E-state index contributed by atoms with van der Waals surface area (Å²) in [6, 6.07) is 18.1. The van der Waals surface area contributed by atoms with Crippen LogP contribution in [0.5, 0.6) is 5.75 Å². The third-order valence-corrected chi connectivity index (χ3v) is 4.50. The molecule has 2 aliphatic rings. The normalized spacial score (nSPS) is 25.0. The van der Waals surface area contributed by atoms with E-state index in [4.69, 9.17) is 9.47 Å². The average Bonchev–Trinajstić information content (AvgIpc) is 3.12. The highest BCUT2D eigenvalue weighted by molar-refractivity contribution is 5.92. The number of benzene rings is 2. The van der Waals surface area contributed by atoms with Crippen molar-refractivity contribution in [3.8, 4) is 5.75 Å². The Morgan fingerprint density at radius 1 is 1.05 bits per heavy atom. The number of hydrogen-bond acceptors (Lipinski definition) is 3. The maximum absolute atomic E-state index is 12.2. The van der Waals surface area contributed by atoms with E-state index < -0.39 is 0 Å². The Hall–Kier alpha value is -2.55. The van der Waals surface area contributed by atoms with Gasteiger partial charge in [0.2, 0.25) is 0 Å². The van der Waals surface area contributed by atoms with E-state index >= 15 is 0 Å². The van der Waals surface area contributed by atoms with Gasteiger partial charge in [0.15, 0.2) is 0 Å². The van der Waals surface area contributed by atoms with Crippen molar-refractivity contribution in [3.63, 3.8) is 0 Å². The highest BCUT2D eigenvalue weighted by atomic mass is 16.5. The second-order valence-corrected chi connectivity index (χ2v) is 5.65. The first-order valence-electron chi connectivity index (χ1n) is 7.40. The Morgan fingerprint density at radius 3 is 2.55 bits per heavy atom. The van der Waals surface area contributed by atoms with Gasteiger partial charge in [-0.2, -0.15) is 0 Å². The predicted molar refractivity (Wildman–Crippen MR) is 82.9 cm³/mol. The van der Waals surface area contributed by atoms with Gasteiger partial charge in [-0.25, -0.2) is 4.79 Å². The van der Waals surface area contributed by atoms with Crippen LogP contribution in [0.2, 0.25) is 0 Å². The summed E-state index contributed by atoms with van der Waals surface area (Å²) in [6.45, 7) is 0. The Bertz CT molecular complexity index is 748. The fourth-order valence-corrected chi connectivity index (χ4v) is 3.53. The van der Waals surface area contributed by atoms with Crippen LogP contribution in [-0.4, -0.2) is 19.2 Å². The molecule has 1 aliphatic heterocycles. The lowest BCUT2D eigenvalue weighted by Gasteiger charge is -2.19. The van der Waals surface area contributed by atoms with Gasteiger partial charge in [-0.1, -0.05) is 54.6 Å². The average molecular weight is 292 g/mol. The van der Waals surface area contributed by atoms with Crippen molar-refractivity contribution in [1.82, 2.24) is 0 Å². The Kier molecular flexibility index (Phi) is 3.00. The SMILES string of the molecule is COC(=O)C1=C[C@@H](c2ccccc2)[C@@H]2Oc3ccccc3[C@H]12. The van der Waals surface area contributed by atoms with Crippen LogP contribution in [0.15, 0.2) is 66.2 Å². The van der Waals surface area contributed by atoms with Crippen molar-refractivity contribution in [2.45, 2.75) is 17.9 Å². The Balaban J connectivity index is 1.82. The summed E-state index contributed by atoms with van der Waals surface area (Å²) in [7, 11) is 1.43. The van der Waals surface area contributed by atoms with E-state index in [0.29, 0.717) is 5.57 Å². The van der Waals surface area contributed by atoms with E-state index in [1.165, 1.54) is 7.11 Å². The first-order valence-corrected chi connectivity index (χ1v) is 7.40. The van der Waals surface area contributed by atoms with Crippen LogP contribution >= 0.6 is 0 Å². The molecule has 0 aromatic heterocycles. The van der Waals surface area contributed by atoms with Gasteiger partial charge < -0.3 is 9.47 Å². The fourth-order valence-electron chi connectivity index (χ4n) is 3.53. The van der Waals surface area contributed by atoms with E-state index in [2.05, 4.69) is 12.1 Å². The molecule has 0 spiro atoms. The van der Waals surface area contributed by atoms with Crippen molar-refractivity contribution in [2.24, 2.45) is 0 Å². The Morgan fingerprint density at radius 2 is 1.77 bits per heavy atom. The molecule has 1 heterocycles. The zero-order valence-electron chi connectivity index (χ0n) is 12.2. The number of ether oxygens (including phenoxy) is 2. The molecule has 3 nitrogen and oxygen atoms in total. The molecule has 4 rings (SSSR count). The molecule has 3 heteroatoms. The second kappa shape index (κ2) is 5.02. The highest BCUT2D eigenvalue weighted by Crippen LogP contribution is 2.52. The number of carbonyl (C=O) groups excluding carboxylic acids is 1. The lowest BCUT2D eigenvalue weighted by atomic mass is 9.88. The molecule has 0 unspecified atom stereocenters. The smallest absolute Gasteiger partial charge is 0.334 e. The molecule has 0 saturated carbocycles. The van der Waals surface area contributed by atoms with Crippen LogP contribution in [-0.2, 0) is 9.53 Å². The largest absolute Gasteiger partial charge is 0.488 e. The molecule has 2 aromatic rings. The van der Waals surface area contributed by atoms with E-state index in [9.17, 15) is 4.79 Å². The van der Waals surface area contributed by atoms with Crippen LogP contribution in [0, 0.1) is 0 Å². The molecule has 1 aliphatic carbocycles. The number of rotatable bonds is 2. The minimum Gasteiger partial charge on any atom is -0.488 e. The maximum atomic E-state index is 12.2. The summed E-state index contributed by atoms with van der Waals surface area (Å²) in [5.41, 5.74) is 2.93. The molecule has 22 heavy (non-hydrogen) atoms. The van der Waals surface area contributed by atoms with Gasteiger partial charge in [-0.05, 0) is 11.6 Å². The van der Waals surface area contributed by atoms with Crippen molar-refractivity contribution in [1.29, 1.82) is 0 Å². The molecule has 0 saturated heterocycles.